The predicted octanol–water partition coefficient (Wildman–Crippen LogP) is 0.476. The Labute approximate surface area is 112 Å². The van der Waals surface area contributed by atoms with Crippen molar-refractivity contribution in [2.75, 3.05) is 32.8 Å². The number of aliphatic hydroxyl groups is 1. The van der Waals surface area contributed by atoms with E-state index in [4.69, 9.17) is 14.6 Å². The summed E-state index contributed by atoms with van der Waals surface area (Å²) >= 11 is 0. The van der Waals surface area contributed by atoms with E-state index in [0.717, 1.165) is 25.2 Å². The SMILES string of the molecule is CC1CN(Cc2ccoc2C(=O)O)CCN1CCO. The molecule has 1 aliphatic heterocycles. The second kappa shape index (κ2) is 6.18. The van der Waals surface area contributed by atoms with Crippen LogP contribution >= 0.6 is 0 Å². The molecule has 106 valence electrons. The summed E-state index contributed by atoms with van der Waals surface area (Å²) in [6.07, 6.45) is 1.42. The number of piperazine rings is 1. The van der Waals surface area contributed by atoms with E-state index in [9.17, 15) is 4.79 Å². The van der Waals surface area contributed by atoms with Crippen molar-refractivity contribution in [1.82, 2.24) is 9.80 Å². The molecule has 1 saturated heterocycles. The summed E-state index contributed by atoms with van der Waals surface area (Å²) in [7, 11) is 0. The third-order valence-electron chi connectivity index (χ3n) is 3.57. The Kier molecular flexibility index (Phi) is 4.57. The smallest absolute Gasteiger partial charge is 0.372 e. The molecule has 2 heterocycles. The lowest BCUT2D eigenvalue weighted by Gasteiger charge is -2.39. The summed E-state index contributed by atoms with van der Waals surface area (Å²) in [4.78, 5) is 15.4. The van der Waals surface area contributed by atoms with Crippen LogP contribution in [0.15, 0.2) is 16.7 Å². The maximum Gasteiger partial charge on any atom is 0.372 e. The number of furan rings is 1. The van der Waals surface area contributed by atoms with Crippen LogP contribution in [0.2, 0.25) is 0 Å². The maximum absolute atomic E-state index is 11.0. The van der Waals surface area contributed by atoms with E-state index in [1.54, 1.807) is 6.07 Å². The van der Waals surface area contributed by atoms with Crippen LogP contribution in [0.5, 0.6) is 0 Å². The van der Waals surface area contributed by atoms with Crippen LogP contribution in [-0.4, -0.2) is 64.8 Å². The van der Waals surface area contributed by atoms with E-state index in [0.29, 0.717) is 19.1 Å². The number of hydrogen-bond donors (Lipinski definition) is 2. The zero-order chi connectivity index (χ0) is 13.8. The number of rotatable bonds is 5. The molecule has 0 bridgehead atoms. The van der Waals surface area contributed by atoms with Crippen molar-refractivity contribution in [3.05, 3.63) is 23.7 Å². The highest BCUT2D eigenvalue weighted by Crippen LogP contribution is 2.16. The van der Waals surface area contributed by atoms with Crippen LogP contribution < -0.4 is 0 Å². The van der Waals surface area contributed by atoms with Gasteiger partial charge in [0.05, 0.1) is 12.9 Å². The van der Waals surface area contributed by atoms with Gasteiger partial charge in [-0.1, -0.05) is 0 Å². The van der Waals surface area contributed by atoms with Crippen molar-refractivity contribution in [2.45, 2.75) is 19.5 Å². The molecule has 1 atom stereocenters. The van der Waals surface area contributed by atoms with E-state index in [-0.39, 0.29) is 12.4 Å². The monoisotopic (exact) mass is 268 g/mol. The molecule has 0 aromatic carbocycles. The molecule has 0 aliphatic carbocycles. The van der Waals surface area contributed by atoms with Gasteiger partial charge in [0.1, 0.15) is 0 Å². The molecule has 0 saturated carbocycles. The molecule has 6 nitrogen and oxygen atoms in total. The van der Waals surface area contributed by atoms with Crippen molar-refractivity contribution in [2.24, 2.45) is 0 Å². The fraction of sp³-hybridized carbons (Fsp3) is 0.615. The second-order valence-corrected chi connectivity index (χ2v) is 4.92. The van der Waals surface area contributed by atoms with Gasteiger partial charge in [0.15, 0.2) is 0 Å². The van der Waals surface area contributed by atoms with Crippen LogP contribution in [0.3, 0.4) is 0 Å². The van der Waals surface area contributed by atoms with E-state index in [1.807, 2.05) is 0 Å². The number of aliphatic hydroxyl groups excluding tert-OH is 1. The minimum Gasteiger partial charge on any atom is -0.475 e. The van der Waals surface area contributed by atoms with Gasteiger partial charge in [-0.05, 0) is 13.0 Å². The summed E-state index contributed by atoms with van der Waals surface area (Å²) in [5, 5.41) is 18.0. The largest absolute Gasteiger partial charge is 0.475 e. The molecule has 2 rings (SSSR count). The third kappa shape index (κ3) is 3.34. The van der Waals surface area contributed by atoms with Crippen LogP contribution in [-0.2, 0) is 6.54 Å². The van der Waals surface area contributed by atoms with Crippen molar-refractivity contribution >= 4 is 5.97 Å². The molecule has 0 spiro atoms. The number of carboxylic acids is 1. The lowest BCUT2D eigenvalue weighted by molar-refractivity contribution is 0.0612. The molecule has 1 aromatic rings. The Balaban J connectivity index is 1.94. The summed E-state index contributed by atoms with van der Waals surface area (Å²) in [6.45, 7) is 6.21. The Morgan fingerprint density at radius 3 is 2.95 bits per heavy atom. The van der Waals surface area contributed by atoms with Crippen molar-refractivity contribution in [3.63, 3.8) is 0 Å². The van der Waals surface area contributed by atoms with Gasteiger partial charge in [0.2, 0.25) is 5.76 Å². The number of aromatic carboxylic acids is 1. The zero-order valence-corrected chi connectivity index (χ0v) is 11.1. The van der Waals surface area contributed by atoms with Gasteiger partial charge in [-0.3, -0.25) is 9.80 Å². The van der Waals surface area contributed by atoms with Gasteiger partial charge in [-0.2, -0.15) is 0 Å². The first-order chi connectivity index (χ1) is 9.11. The van der Waals surface area contributed by atoms with E-state index in [2.05, 4.69) is 16.7 Å². The molecular weight excluding hydrogens is 248 g/mol. The Morgan fingerprint density at radius 1 is 1.53 bits per heavy atom. The quantitative estimate of drug-likeness (QED) is 0.808. The molecule has 1 aromatic heterocycles. The van der Waals surface area contributed by atoms with Gasteiger partial charge in [0, 0.05) is 44.3 Å². The average Bonchev–Trinajstić information content (AvgIpc) is 2.81. The Bertz CT molecular complexity index is 432. The fourth-order valence-electron chi connectivity index (χ4n) is 2.56. The fourth-order valence-corrected chi connectivity index (χ4v) is 2.56. The molecule has 1 unspecified atom stereocenters. The van der Waals surface area contributed by atoms with E-state index in [1.165, 1.54) is 6.26 Å². The average molecular weight is 268 g/mol. The van der Waals surface area contributed by atoms with Crippen LogP contribution in [0, 0.1) is 0 Å². The zero-order valence-electron chi connectivity index (χ0n) is 11.1. The van der Waals surface area contributed by atoms with Crippen LogP contribution in [0.25, 0.3) is 0 Å². The highest BCUT2D eigenvalue weighted by molar-refractivity contribution is 5.86. The molecule has 2 N–H and O–H groups in total. The predicted molar refractivity (Wildman–Crippen MR) is 69.1 cm³/mol. The number of β-amino-alcohol motifs (C(OH)–C–C–N with tert-alkyl or cyclic N) is 1. The number of carbonyl (C=O) groups is 1. The van der Waals surface area contributed by atoms with Crippen LogP contribution in [0.4, 0.5) is 0 Å². The third-order valence-corrected chi connectivity index (χ3v) is 3.57. The first-order valence-electron chi connectivity index (χ1n) is 6.48. The van der Waals surface area contributed by atoms with Gasteiger partial charge in [0.25, 0.3) is 0 Å². The number of hydrogen-bond acceptors (Lipinski definition) is 5. The highest BCUT2D eigenvalue weighted by atomic mass is 16.4. The van der Waals surface area contributed by atoms with Gasteiger partial charge < -0.3 is 14.6 Å². The van der Waals surface area contributed by atoms with Crippen molar-refractivity contribution in [3.8, 4) is 0 Å². The maximum atomic E-state index is 11.0. The lowest BCUT2D eigenvalue weighted by Crippen LogP contribution is -2.52. The summed E-state index contributed by atoms with van der Waals surface area (Å²) in [5.41, 5.74) is 0.718. The number of nitrogens with zero attached hydrogens (tertiary/aromatic N) is 2. The summed E-state index contributed by atoms with van der Waals surface area (Å²) in [5.74, 6) is -0.989. The summed E-state index contributed by atoms with van der Waals surface area (Å²) in [6, 6.07) is 2.08. The standard InChI is InChI=1S/C13H20N2O4/c1-10-8-14(3-4-15(10)5-6-16)9-11-2-7-19-12(11)13(17)18/h2,7,10,16H,3-6,8-9H2,1H3,(H,17,18). The highest BCUT2D eigenvalue weighted by Gasteiger charge is 2.24. The minimum absolute atomic E-state index is 0.0328. The Hall–Kier alpha value is -1.37. The Morgan fingerprint density at radius 2 is 2.32 bits per heavy atom. The van der Waals surface area contributed by atoms with Crippen molar-refractivity contribution < 1.29 is 19.4 Å². The first kappa shape index (κ1) is 14.0. The molecule has 19 heavy (non-hydrogen) atoms. The molecule has 6 heteroatoms. The van der Waals surface area contributed by atoms with Gasteiger partial charge >= 0.3 is 5.97 Å². The molecule has 1 aliphatic rings. The molecule has 0 radical (unpaired) electrons. The minimum atomic E-state index is -1.02. The van der Waals surface area contributed by atoms with Crippen molar-refractivity contribution in [1.29, 1.82) is 0 Å². The lowest BCUT2D eigenvalue weighted by atomic mass is 10.1. The number of carboxylic acid groups (broad SMARTS) is 1. The molecule has 1 fully saturated rings. The second-order valence-electron chi connectivity index (χ2n) is 4.92. The topological polar surface area (TPSA) is 77.2 Å². The normalized spacial score (nSPS) is 21.7. The summed E-state index contributed by atoms with van der Waals surface area (Å²) < 4.78 is 4.98. The molecule has 0 amide bonds. The first-order valence-corrected chi connectivity index (χ1v) is 6.48. The van der Waals surface area contributed by atoms with Gasteiger partial charge in [-0.25, -0.2) is 4.79 Å². The van der Waals surface area contributed by atoms with Gasteiger partial charge in [-0.15, -0.1) is 0 Å². The van der Waals surface area contributed by atoms with E-state index < -0.39 is 5.97 Å². The van der Waals surface area contributed by atoms with E-state index >= 15 is 0 Å². The molecular formula is C13H20N2O4. The van der Waals surface area contributed by atoms with Crippen LogP contribution in [0.1, 0.15) is 23.0 Å².